The predicted molar refractivity (Wildman–Crippen MR) is 106 cm³/mol. The monoisotopic (exact) mass is 416 g/mol. The molecule has 10 heteroatoms. The molecule has 3 rings (SSSR count). The van der Waals surface area contributed by atoms with Crippen molar-refractivity contribution in [3.63, 3.8) is 0 Å². The van der Waals surface area contributed by atoms with Crippen LogP contribution in [-0.4, -0.2) is 49.5 Å². The van der Waals surface area contributed by atoms with Crippen LogP contribution in [0.5, 0.6) is 5.75 Å². The molecule has 1 N–H and O–H groups in total. The lowest BCUT2D eigenvalue weighted by atomic mass is 10.2. The maximum Gasteiger partial charge on any atom is 0.322 e. The van der Waals surface area contributed by atoms with Crippen LogP contribution < -0.4 is 10.1 Å². The van der Waals surface area contributed by atoms with E-state index in [4.69, 9.17) is 9.15 Å². The lowest BCUT2D eigenvalue weighted by Crippen LogP contribution is -2.22. The van der Waals surface area contributed by atoms with Gasteiger partial charge in [-0.15, -0.1) is 5.10 Å². The average molecular weight is 416 g/mol. The molecule has 0 saturated heterocycles. The topological polar surface area (TPSA) is 115 Å². The number of carbonyl (C=O) groups is 1. The molecule has 0 saturated carbocycles. The molecule has 0 aliphatic carbocycles. The number of anilines is 1. The third-order valence-electron chi connectivity index (χ3n) is 3.95. The van der Waals surface area contributed by atoms with E-state index < -0.39 is 15.9 Å². The number of carbonyl (C=O) groups excluding carboxylic acids is 1. The first kappa shape index (κ1) is 20.5. The van der Waals surface area contributed by atoms with Gasteiger partial charge in [-0.25, -0.2) is 12.7 Å². The second-order valence-electron chi connectivity index (χ2n) is 6.14. The van der Waals surface area contributed by atoms with E-state index in [9.17, 15) is 13.2 Å². The number of nitrogens with one attached hydrogen (secondary N) is 1. The lowest BCUT2D eigenvalue weighted by molar-refractivity contribution is 0.102. The Bertz CT molecular complexity index is 1090. The van der Waals surface area contributed by atoms with Crippen molar-refractivity contribution in [2.75, 3.05) is 26.0 Å². The van der Waals surface area contributed by atoms with Crippen molar-refractivity contribution in [2.45, 2.75) is 11.8 Å². The van der Waals surface area contributed by atoms with Gasteiger partial charge in [0.25, 0.3) is 5.91 Å². The van der Waals surface area contributed by atoms with E-state index >= 15 is 0 Å². The summed E-state index contributed by atoms with van der Waals surface area (Å²) in [5.41, 5.74) is 0.934. The first-order chi connectivity index (χ1) is 13.8. The summed E-state index contributed by atoms with van der Waals surface area (Å²) >= 11 is 0. The summed E-state index contributed by atoms with van der Waals surface area (Å²) < 4.78 is 36.2. The quantitative estimate of drug-likeness (QED) is 0.629. The van der Waals surface area contributed by atoms with Gasteiger partial charge in [-0.2, -0.15) is 0 Å². The van der Waals surface area contributed by atoms with Gasteiger partial charge in [-0.1, -0.05) is 5.10 Å². The number of amides is 1. The summed E-state index contributed by atoms with van der Waals surface area (Å²) in [6, 6.07) is 12.6. The summed E-state index contributed by atoms with van der Waals surface area (Å²) in [6.45, 7) is 2.42. The van der Waals surface area contributed by atoms with E-state index in [0.717, 1.165) is 4.31 Å². The van der Waals surface area contributed by atoms with Crippen LogP contribution in [0.2, 0.25) is 0 Å². The second kappa shape index (κ2) is 8.41. The van der Waals surface area contributed by atoms with Gasteiger partial charge < -0.3 is 9.15 Å². The zero-order valence-corrected chi connectivity index (χ0v) is 16.9. The Kier molecular flexibility index (Phi) is 5.95. The van der Waals surface area contributed by atoms with Gasteiger partial charge in [0.1, 0.15) is 5.75 Å². The highest BCUT2D eigenvalue weighted by molar-refractivity contribution is 7.89. The third kappa shape index (κ3) is 4.61. The normalized spacial score (nSPS) is 11.4. The lowest BCUT2D eigenvalue weighted by Gasteiger charge is -2.11. The largest absolute Gasteiger partial charge is 0.494 e. The highest BCUT2D eigenvalue weighted by Crippen LogP contribution is 2.23. The van der Waals surface area contributed by atoms with Crippen LogP contribution in [0.3, 0.4) is 0 Å². The molecule has 9 nitrogen and oxygen atoms in total. The predicted octanol–water partition coefficient (Wildman–Crippen LogP) is 2.64. The molecule has 0 unspecified atom stereocenters. The summed E-state index contributed by atoms with van der Waals surface area (Å²) in [7, 11) is -0.605. The van der Waals surface area contributed by atoms with E-state index in [1.807, 2.05) is 6.92 Å². The van der Waals surface area contributed by atoms with E-state index in [1.54, 1.807) is 36.4 Å². The molecule has 2 aromatic carbocycles. The van der Waals surface area contributed by atoms with Crippen molar-refractivity contribution in [3.05, 3.63) is 54.1 Å². The summed E-state index contributed by atoms with van der Waals surface area (Å²) in [5.74, 6) is 0.417. The Hall–Kier alpha value is -3.24. The number of benzene rings is 2. The van der Waals surface area contributed by atoms with E-state index in [2.05, 4.69) is 15.5 Å². The molecule has 152 valence electrons. The molecular formula is C19H20N4O5S. The Balaban J connectivity index is 1.71. The summed E-state index contributed by atoms with van der Waals surface area (Å²) in [5, 5.41) is 10.2. The smallest absolute Gasteiger partial charge is 0.322 e. The Morgan fingerprint density at radius 3 is 2.31 bits per heavy atom. The highest BCUT2D eigenvalue weighted by Gasteiger charge is 2.18. The van der Waals surface area contributed by atoms with Crippen LogP contribution in [-0.2, 0) is 10.0 Å². The van der Waals surface area contributed by atoms with Crippen LogP contribution in [0.1, 0.15) is 17.3 Å². The minimum Gasteiger partial charge on any atom is -0.494 e. The van der Waals surface area contributed by atoms with Crippen molar-refractivity contribution in [1.82, 2.24) is 14.5 Å². The molecule has 29 heavy (non-hydrogen) atoms. The maximum atomic E-state index is 12.3. The van der Waals surface area contributed by atoms with Gasteiger partial charge in [0.15, 0.2) is 0 Å². The van der Waals surface area contributed by atoms with Crippen molar-refractivity contribution in [1.29, 1.82) is 0 Å². The number of aromatic nitrogens is 2. The number of hydrogen-bond acceptors (Lipinski definition) is 7. The van der Waals surface area contributed by atoms with Gasteiger partial charge in [0.05, 0.1) is 11.5 Å². The first-order valence-corrected chi connectivity index (χ1v) is 10.2. The summed E-state index contributed by atoms with van der Waals surface area (Å²) in [4.78, 5) is 12.4. The van der Waals surface area contributed by atoms with Gasteiger partial charge >= 0.3 is 6.01 Å². The minimum atomic E-state index is -3.52. The highest BCUT2D eigenvalue weighted by atomic mass is 32.2. The standard InChI is InChI=1S/C19H20N4O5S/c1-4-27-15-9-5-13(6-10-15)17(24)20-19-22-21-18(28-19)14-7-11-16(12-8-14)29(25,26)23(2)3/h5-12H,4H2,1-3H3,(H,20,22,24). The van der Waals surface area contributed by atoms with Gasteiger partial charge in [0.2, 0.25) is 15.9 Å². The van der Waals surface area contributed by atoms with Crippen molar-refractivity contribution in [3.8, 4) is 17.2 Å². The third-order valence-corrected chi connectivity index (χ3v) is 5.78. The van der Waals surface area contributed by atoms with Crippen LogP contribution in [0, 0.1) is 0 Å². The molecule has 0 fully saturated rings. The molecule has 1 aromatic heterocycles. The van der Waals surface area contributed by atoms with Gasteiger partial charge in [-0.3, -0.25) is 10.1 Å². The van der Waals surface area contributed by atoms with Crippen LogP contribution >= 0.6 is 0 Å². The molecule has 0 aliphatic heterocycles. The number of rotatable bonds is 7. The first-order valence-electron chi connectivity index (χ1n) is 8.72. The maximum absolute atomic E-state index is 12.3. The fourth-order valence-corrected chi connectivity index (χ4v) is 3.31. The molecular weight excluding hydrogens is 396 g/mol. The van der Waals surface area contributed by atoms with Gasteiger partial charge in [-0.05, 0) is 55.5 Å². The van der Waals surface area contributed by atoms with E-state index in [1.165, 1.54) is 26.2 Å². The second-order valence-corrected chi connectivity index (χ2v) is 8.29. The molecule has 1 amide bonds. The van der Waals surface area contributed by atoms with E-state index in [-0.39, 0.29) is 16.8 Å². The number of sulfonamides is 1. The Morgan fingerprint density at radius 1 is 1.07 bits per heavy atom. The molecule has 0 atom stereocenters. The molecule has 0 bridgehead atoms. The summed E-state index contributed by atoms with van der Waals surface area (Å²) in [6.07, 6.45) is 0. The average Bonchev–Trinajstić information content (AvgIpc) is 3.17. The van der Waals surface area contributed by atoms with Crippen LogP contribution in [0.25, 0.3) is 11.5 Å². The van der Waals surface area contributed by atoms with Crippen molar-refractivity contribution >= 4 is 21.9 Å². The molecule has 3 aromatic rings. The Morgan fingerprint density at radius 2 is 1.72 bits per heavy atom. The van der Waals surface area contributed by atoms with Crippen LogP contribution in [0.4, 0.5) is 6.01 Å². The molecule has 0 spiro atoms. The fraction of sp³-hybridized carbons (Fsp3) is 0.211. The SMILES string of the molecule is CCOc1ccc(C(=O)Nc2nnc(-c3ccc(S(=O)(=O)N(C)C)cc3)o2)cc1. The van der Waals surface area contributed by atoms with Gasteiger partial charge in [0, 0.05) is 25.2 Å². The molecule has 1 heterocycles. The van der Waals surface area contributed by atoms with E-state index in [0.29, 0.717) is 23.5 Å². The zero-order chi connectivity index (χ0) is 21.0. The van der Waals surface area contributed by atoms with Crippen molar-refractivity contribution in [2.24, 2.45) is 0 Å². The molecule has 0 aliphatic rings. The fourth-order valence-electron chi connectivity index (χ4n) is 2.41. The number of nitrogens with zero attached hydrogens (tertiary/aromatic N) is 3. The molecule has 0 radical (unpaired) electrons. The number of hydrogen-bond donors (Lipinski definition) is 1. The Labute approximate surface area is 168 Å². The van der Waals surface area contributed by atoms with Crippen molar-refractivity contribution < 1.29 is 22.4 Å². The minimum absolute atomic E-state index is 0.0659. The van der Waals surface area contributed by atoms with Crippen LogP contribution in [0.15, 0.2) is 57.8 Å². The number of ether oxygens (including phenoxy) is 1. The zero-order valence-electron chi connectivity index (χ0n) is 16.1.